The molecule has 0 spiro atoms. The van der Waals surface area contributed by atoms with Gasteiger partial charge in [-0.15, -0.1) is 0 Å². The number of imidazole rings is 1. The number of aryl methyl sites for hydroxylation is 1. The molecule has 0 saturated heterocycles. The zero-order valence-electron chi connectivity index (χ0n) is 12.7. The molecule has 1 aromatic carbocycles. The normalized spacial score (nSPS) is 11.0. The van der Waals surface area contributed by atoms with Crippen molar-refractivity contribution < 1.29 is 9.53 Å². The van der Waals surface area contributed by atoms with Crippen molar-refractivity contribution in [1.29, 1.82) is 0 Å². The summed E-state index contributed by atoms with van der Waals surface area (Å²) in [5.74, 6) is 1.54. The highest BCUT2D eigenvalue weighted by atomic mass is 16.5. The number of carbonyl (C=O) groups is 1. The third-order valence-corrected chi connectivity index (χ3v) is 3.26. The van der Waals surface area contributed by atoms with Crippen molar-refractivity contribution in [1.82, 2.24) is 14.9 Å². The average molecular weight is 290 g/mol. The highest BCUT2D eigenvalue weighted by Crippen LogP contribution is 2.26. The first-order valence-electron chi connectivity index (χ1n) is 7.08. The SMILES string of the molecule is COc1cccc2c1nc(N)n2CCC(=O)NCC(C)C. The molecular formula is C15H22N4O2. The van der Waals surface area contributed by atoms with E-state index >= 15 is 0 Å². The Morgan fingerprint density at radius 2 is 2.24 bits per heavy atom. The topological polar surface area (TPSA) is 82.2 Å². The van der Waals surface area contributed by atoms with Crippen molar-refractivity contribution in [3.8, 4) is 5.75 Å². The van der Waals surface area contributed by atoms with E-state index in [4.69, 9.17) is 10.5 Å². The Morgan fingerprint density at radius 3 is 2.90 bits per heavy atom. The standard InChI is InChI=1S/C15H22N4O2/c1-10(2)9-17-13(20)7-8-19-11-5-4-6-12(21-3)14(11)18-15(19)16/h4-6,10H,7-9H2,1-3H3,(H2,16,18)(H,17,20). The molecule has 2 rings (SSSR count). The van der Waals surface area contributed by atoms with E-state index in [0.717, 1.165) is 11.0 Å². The van der Waals surface area contributed by atoms with Gasteiger partial charge < -0.3 is 20.4 Å². The van der Waals surface area contributed by atoms with Crippen molar-refractivity contribution in [3.63, 3.8) is 0 Å². The van der Waals surface area contributed by atoms with E-state index < -0.39 is 0 Å². The Labute approximate surface area is 124 Å². The molecule has 0 unspecified atom stereocenters. The van der Waals surface area contributed by atoms with E-state index in [0.29, 0.717) is 37.1 Å². The predicted molar refractivity (Wildman–Crippen MR) is 83.2 cm³/mol. The van der Waals surface area contributed by atoms with Crippen LogP contribution in [0, 0.1) is 5.92 Å². The van der Waals surface area contributed by atoms with Gasteiger partial charge in [0.05, 0.1) is 12.6 Å². The van der Waals surface area contributed by atoms with Gasteiger partial charge >= 0.3 is 0 Å². The van der Waals surface area contributed by atoms with Crippen LogP contribution in [0.1, 0.15) is 20.3 Å². The second-order valence-corrected chi connectivity index (χ2v) is 5.40. The number of benzene rings is 1. The first kappa shape index (κ1) is 15.2. The number of hydrogen-bond donors (Lipinski definition) is 2. The first-order valence-corrected chi connectivity index (χ1v) is 7.08. The number of aromatic nitrogens is 2. The molecule has 1 heterocycles. The fraction of sp³-hybridized carbons (Fsp3) is 0.467. The molecule has 1 aromatic heterocycles. The second kappa shape index (κ2) is 6.47. The van der Waals surface area contributed by atoms with Crippen LogP contribution in [0.4, 0.5) is 5.95 Å². The maximum atomic E-state index is 11.8. The summed E-state index contributed by atoms with van der Waals surface area (Å²) in [5, 5.41) is 2.90. The number of rotatable bonds is 6. The number of amides is 1. The van der Waals surface area contributed by atoms with Crippen LogP contribution in [0.25, 0.3) is 11.0 Å². The Kier molecular flexibility index (Phi) is 4.67. The Bertz CT molecular complexity index is 634. The van der Waals surface area contributed by atoms with Gasteiger partial charge in [0, 0.05) is 19.5 Å². The van der Waals surface area contributed by atoms with Crippen LogP contribution in [0.3, 0.4) is 0 Å². The average Bonchev–Trinajstić information content (AvgIpc) is 2.78. The number of para-hydroxylation sites is 1. The number of nitrogen functional groups attached to an aromatic ring is 1. The fourth-order valence-corrected chi connectivity index (χ4v) is 2.16. The van der Waals surface area contributed by atoms with Gasteiger partial charge in [0.1, 0.15) is 11.3 Å². The van der Waals surface area contributed by atoms with Crippen LogP contribution in [0.15, 0.2) is 18.2 Å². The van der Waals surface area contributed by atoms with Crippen molar-refractivity contribution >= 4 is 22.9 Å². The summed E-state index contributed by atoms with van der Waals surface area (Å²) in [5.41, 5.74) is 7.55. The maximum absolute atomic E-state index is 11.8. The van der Waals surface area contributed by atoms with Crippen molar-refractivity contribution in [3.05, 3.63) is 18.2 Å². The summed E-state index contributed by atoms with van der Waals surface area (Å²) in [6.45, 7) is 5.31. The number of nitrogens with one attached hydrogen (secondary N) is 1. The summed E-state index contributed by atoms with van der Waals surface area (Å²) < 4.78 is 7.12. The molecule has 0 atom stereocenters. The molecule has 0 radical (unpaired) electrons. The lowest BCUT2D eigenvalue weighted by molar-refractivity contribution is -0.121. The van der Waals surface area contributed by atoms with Gasteiger partial charge in [-0.1, -0.05) is 19.9 Å². The molecule has 114 valence electrons. The summed E-state index contributed by atoms with van der Waals surface area (Å²) in [6.07, 6.45) is 0.375. The molecule has 6 nitrogen and oxygen atoms in total. The number of nitrogens with zero attached hydrogens (tertiary/aromatic N) is 2. The van der Waals surface area contributed by atoms with Gasteiger partial charge in [0.15, 0.2) is 0 Å². The minimum Gasteiger partial charge on any atom is -0.494 e. The zero-order chi connectivity index (χ0) is 15.4. The number of carbonyl (C=O) groups excluding carboxylic acids is 1. The molecule has 0 fully saturated rings. The van der Waals surface area contributed by atoms with E-state index in [1.54, 1.807) is 7.11 Å². The van der Waals surface area contributed by atoms with Crippen LogP contribution in [0.5, 0.6) is 5.75 Å². The van der Waals surface area contributed by atoms with E-state index in [1.807, 2.05) is 22.8 Å². The lowest BCUT2D eigenvalue weighted by atomic mass is 10.2. The fourth-order valence-electron chi connectivity index (χ4n) is 2.16. The molecule has 2 aromatic rings. The molecule has 0 aliphatic carbocycles. The second-order valence-electron chi connectivity index (χ2n) is 5.40. The number of nitrogens with two attached hydrogens (primary N) is 1. The van der Waals surface area contributed by atoms with Crippen LogP contribution in [-0.2, 0) is 11.3 Å². The summed E-state index contributed by atoms with van der Waals surface area (Å²) in [4.78, 5) is 16.1. The third kappa shape index (κ3) is 3.45. The van der Waals surface area contributed by atoms with Gasteiger partial charge in [-0.05, 0) is 18.1 Å². The smallest absolute Gasteiger partial charge is 0.221 e. The first-order chi connectivity index (χ1) is 10.0. The molecule has 0 bridgehead atoms. The van der Waals surface area contributed by atoms with Crippen molar-refractivity contribution in [2.24, 2.45) is 5.92 Å². The van der Waals surface area contributed by atoms with Crippen LogP contribution >= 0.6 is 0 Å². The molecule has 0 aliphatic rings. The van der Waals surface area contributed by atoms with Crippen molar-refractivity contribution in [2.75, 3.05) is 19.4 Å². The van der Waals surface area contributed by atoms with Gasteiger partial charge in [-0.25, -0.2) is 4.98 Å². The maximum Gasteiger partial charge on any atom is 0.221 e. The molecule has 1 amide bonds. The zero-order valence-corrected chi connectivity index (χ0v) is 12.7. The minimum atomic E-state index is 0.0212. The highest BCUT2D eigenvalue weighted by Gasteiger charge is 2.13. The van der Waals surface area contributed by atoms with Gasteiger partial charge in [-0.2, -0.15) is 0 Å². The lowest BCUT2D eigenvalue weighted by Crippen LogP contribution is -2.28. The summed E-state index contributed by atoms with van der Waals surface area (Å²) in [7, 11) is 1.60. The third-order valence-electron chi connectivity index (χ3n) is 3.26. The van der Waals surface area contributed by atoms with Crippen LogP contribution in [-0.4, -0.2) is 29.1 Å². The lowest BCUT2D eigenvalue weighted by Gasteiger charge is -2.09. The highest BCUT2D eigenvalue weighted by molar-refractivity contribution is 5.84. The summed E-state index contributed by atoms with van der Waals surface area (Å²) >= 11 is 0. The van der Waals surface area contributed by atoms with Crippen LogP contribution in [0.2, 0.25) is 0 Å². The number of ether oxygens (including phenoxy) is 1. The number of anilines is 1. The molecule has 6 heteroatoms. The quantitative estimate of drug-likeness (QED) is 0.849. The van der Waals surface area contributed by atoms with Gasteiger partial charge in [0.25, 0.3) is 0 Å². The number of fused-ring (bicyclic) bond motifs is 1. The molecular weight excluding hydrogens is 268 g/mol. The Morgan fingerprint density at radius 1 is 1.48 bits per heavy atom. The molecule has 3 N–H and O–H groups in total. The van der Waals surface area contributed by atoms with Crippen LogP contribution < -0.4 is 15.8 Å². The molecule has 0 aliphatic heterocycles. The number of hydrogen-bond acceptors (Lipinski definition) is 4. The van der Waals surface area contributed by atoms with Gasteiger partial charge in [0.2, 0.25) is 11.9 Å². The minimum absolute atomic E-state index is 0.0212. The van der Waals surface area contributed by atoms with E-state index in [9.17, 15) is 4.79 Å². The largest absolute Gasteiger partial charge is 0.494 e. The molecule has 21 heavy (non-hydrogen) atoms. The monoisotopic (exact) mass is 290 g/mol. The summed E-state index contributed by atoms with van der Waals surface area (Å²) in [6, 6.07) is 5.65. The van der Waals surface area contributed by atoms with E-state index in [2.05, 4.69) is 24.1 Å². The van der Waals surface area contributed by atoms with Gasteiger partial charge in [-0.3, -0.25) is 4.79 Å². The predicted octanol–water partition coefficient (Wildman–Crippen LogP) is 1.79. The number of methoxy groups -OCH3 is 1. The van der Waals surface area contributed by atoms with E-state index in [1.165, 1.54) is 0 Å². The van der Waals surface area contributed by atoms with Crippen molar-refractivity contribution in [2.45, 2.75) is 26.8 Å². The Balaban J connectivity index is 2.12. The molecule has 0 saturated carbocycles. The Hall–Kier alpha value is -2.24. The van der Waals surface area contributed by atoms with E-state index in [-0.39, 0.29) is 5.91 Å².